The van der Waals surface area contributed by atoms with E-state index < -0.39 is 0 Å². The zero-order valence-electron chi connectivity index (χ0n) is 19.9. The van der Waals surface area contributed by atoms with Crippen LogP contribution in [0.2, 0.25) is 0 Å². The Morgan fingerprint density at radius 2 is 2.12 bits per heavy atom. The van der Waals surface area contributed by atoms with Crippen molar-refractivity contribution in [2.45, 2.75) is 84.0 Å². The second kappa shape index (κ2) is 9.53. The first-order valence-electron chi connectivity index (χ1n) is 12.5. The summed E-state index contributed by atoms with van der Waals surface area (Å²) in [5.41, 5.74) is 2.50. The number of ether oxygens (including phenoxy) is 2. The summed E-state index contributed by atoms with van der Waals surface area (Å²) in [7, 11) is 0. The molecule has 5 rings (SSSR count). The first-order chi connectivity index (χ1) is 15.6. The van der Waals surface area contributed by atoms with E-state index in [9.17, 15) is 0 Å². The molecule has 0 radical (unpaired) electrons. The maximum atomic E-state index is 6.50. The molecule has 1 unspecified atom stereocenters. The third-order valence-electron chi connectivity index (χ3n) is 7.96. The van der Waals surface area contributed by atoms with Crippen molar-refractivity contribution in [3.8, 4) is 0 Å². The summed E-state index contributed by atoms with van der Waals surface area (Å²) in [4.78, 5) is 5.63. The summed E-state index contributed by atoms with van der Waals surface area (Å²) in [5.74, 6) is 1.35. The predicted molar refractivity (Wildman–Crippen MR) is 127 cm³/mol. The molecule has 2 fully saturated rings. The Morgan fingerprint density at radius 3 is 2.91 bits per heavy atom. The lowest BCUT2D eigenvalue weighted by Crippen LogP contribution is -2.50. The molecule has 0 saturated carbocycles. The Balaban J connectivity index is 1.20. The zero-order valence-corrected chi connectivity index (χ0v) is 20.7. The molecule has 0 N–H and O–H groups in total. The summed E-state index contributed by atoms with van der Waals surface area (Å²) in [6.07, 6.45) is 8.84. The van der Waals surface area contributed by atoms with Gasteiger partial charge in [-0.3, -0.25) is 9.58 Å². The molecule has 3 atom stereocenters. The van der Waals surface area contributed by atoms with Gasteiger partial charge >= 0.3 is 0 Å². The minimum Gasteiger partial charge on any atom is -0.381 e. The van der Waals surface area contributed by atoms with Crippen LogP contribution < -0.4 is 0 Å². The second-order valence-corrected chi connectivity index (χ2v) is 11.3. The van der Waals surface area contributed by atoms with Crippen LogP contribution in [0.25, 0.3) is 0 Å². The first-order valence-corrected chi connectivity index (χ1v) is 13.3. The molecule has 0 aromatic carbocycles. The Bertz CT molecular complexity index is 906. The molecule has 7 heteroatoms. The summed E-state index contributed by atoms with van der Waals surface area (Å²) in [5, 5.41) is 8.97. The number of fused-ring (bicyclic) bond motifs is 2. The van der Waals surface area contributed by atoms with Crippen molar-refractivity contribution in [2.75, 3.05) is 26.4 Å². The van der Waals surface area contributed by atoms with Crippen LogP contribution >= 0.6 is 11.3 Å². The summed E-state index contributed by atoms with van der Waals surface area (Å²) >= 11 is 2.00. The Kier molecular flexibility index (Phi) is 6.70. The van der Waals surface area contributed by atoms with Crippen LogP contribution in [0.1, 0.15) is 67.5 Å². The van der Waals surface area contributed by atoms with Gasteiger partial charge in [-0.2, -0.15) is 0 Å². The van der Waals surface area contributed by atoms with Gasteiger partial charge < -0.3 is 9.47 Å². The molecule has 0 bridgehead atoms. The van der Waals surface area contributed by atoms with Gasteiger partial charge in [-0.1, -0.05) is 19.1 Å². The first kappa shape index (κ1) is 22.5. The third-order valence-corrected chi connectivity index (χ3v) is 9.29. The molecule has 176 valence electrons. The highest BCUT2D eigenvalue weighted by Crippen LogP contribution is 2.46. The quantitative estimate of drug-likeness (QED) is 0.642. The lowest BCUT2D eigenvalue weighted by molar-refractivity contribution is -0.112. The van der Waals surface area contributed by atoms with E-state index in [1.807, 2.05) is 11.3 Å². The summed E-state index contributed by atoms with van der Waals surface area (Å²) in [6, 6.07) is 2.90. The Morgan fingerprint density at radius 1 is 1.28 bits per heavy atom. The van der Waals surface area contributed by atoms with Gasteiger partial charge in [0.15, 0.2) is 0 Å². The lowest BCUT2D eigenvalue weighted by Gasteiger charge is -2.47. The largest absolute Gasteiger partial charge is 0.381 e. The molecule has 5 heterocycles. The van der Waals surface area contributed by atoms with Crippen molar-refractivity contribution in [2.24, 2.45) is 11.8 Å². The molecular formula is C25H38N4O2S. The minimum absolute atomic E-state index is 0.0792. The third kappa shape index (κ3) is 4.54. The van der Waals surface area contributed by atoms with Crippen molar-refractivity contribution in [1.82, 2.24) is 19.9 Å². The van der Waals surface area contributed by atoms with Crippen LogP contribution in [-0.2, 0) is 41.0 Å². The van der Waals surface area contributed by atoms with Gasteiger partial charge in [0, 0.05) is 61.3 Å². The van der Waals surface area contributed by atoms with Crippen molar-refractivity contribution in [1.29, 1.82) is 0 Å². The molecule has 3 aliphatic heterocycles. The number of thiophene rings is 1. The molecule has 3 aliphatic rings. The van der Waals surface area contributed by atoms with Gasteiger partial charge in [-0.25, -0.2) is 0 Å². The maximum absolute atomic E-state index is 6.50. The molecule has 2 saturated heterocycles. The molecule has 2 aromatic rings. The lowest BCUT2D eigenvalue weighted by atomic mass is 9.79. The van der Waals surface area contributed by atoms with Gasteiger partial charge in [-0.05, 0) is 62.5 Å². The number of rotatable bonds is 6. The number of nitrogens with zero attached hydrogens (tertiary/aromatic N) is 4. The van der Waals surface area contributed by atoms with Gasteiger partial charge in [-0.15, -0.1) is 16.4 Å². The van der Waals surface area contributed by atoms with Crippen LogP contribution in [-0.4, -0.2) is 52.3 Å². The van der Waals surface area contributed by atoms with E-state index in [2.05, 4.69) is 52.9 Å². The second-order valence-electron chi connectivity index (χ2n) is 10.1. The van der Waals surface area contributed by atoms with E-state index in [1.165, 1.54) is 23.3 Å². The van der Waals surface area contributed by atoms with E-state index in [0.29, 0.717) is 12.0 Å². The number of aryl methyl sites for hydroxylation is 1. The fraction of sp³-hybridized carbons (Fsp3) is 0.760. The zero-order chi connectivity index (χ0) is 22.1. The van der Waals surface area contributed by atoms with E-state index in [1.54, 1.807) is 4.88 Å². The predicted octanol–water partition coefficient (Wildman–Crippen LogP) is 4.42. The smallest absolute Gasteiger partial charge is 0.0969 e. The molecular weight excluding hydrogens is 420 g/mol. The fourth-order valence-corrected chi connectivity index (χ4v) is 7.13. The summed E-state index contributed by atoms with van der Waals surface area (Å²) < 4.78 is 14.1. The fourth-order valence-electron chi connectivity index (χ4n) is 5.95. The molecule has 0 amide bonds. The van der Waals surface area contributed by atoms with Gasteiger partial charge in [0.05, 0.1) is 17.9 Å². The summed E-state index contributed by atoms with van der Waals surface area (Å²) in [6.45, 7) is 12.5. The highest BCUT2D eigenvalue weighted by molar-refractivity contribution is 7.12. The average molecular weight is 459 g/mol. The standard InChI is InChI=1S/C25H38N4O2S/c1-4-22-13-23-24(32-22)7-12-31-25(23)8-9-28(19(3)14-25)16-21-17-29(27-26-21)15-18(2)20-5-10-30-11-6-20/h13,17-20H,4-12,14-16H2,1-3H3/t18?,19-,25+/m0/s1. The minimum atomic E-state index is -0.0792. The molecule has 1 spiro atoms. The van der Waals surface area contributed by atoms with Gasteiger partial charge in [0.25, 0.3) is 0 Å². The van der Waals surface area contributed by atoms with Gasteiger partial charge in [0.1, 0.15) is 0 Å². The van der Waals surface area contributed by atoms with Crippen molar-refractivity contribution < 1.29 is 9.47 Å². The van der Waals surface area contributed by atoms with Crippen LogP contribution in [0.15, 0.2) is 12.3 Å². The highest BCUT2D eigenvalue weighted by Gasteiger charge is 2.44. The van der Waals surface area contributed by atoms with Crippen LogP contribution in [0.5, 0.6) is 0 Å². The number of hydrogen-bond acceptors (Lipinski definition) is 6. The number of aromatic nitrogens is 3. The van der Waals surface area contributed by atoms with Crippen molar-refractivity contribution in [3.05, 3.63) is 33.3 Å². The average Bonchev–Trinajstić information content (AvgIpc) is 3.44. The Labute approximate surface area is 196 Å². The van der Waals surface area contributed by atoms with E-state index in [-0.39, 0.29) is 5.60 Å². The highest BCUT2D eigenvalue weighted by atomic mass is 32.1. The van der Waals surface area contributed by atoms with E-state index >= 15 is 0 Å². The Hall–Kier alpha value is -1.28. The van der Waals surface area contributed by atoms with Crippen LogP contribution in [0.4, 0.5) is 0 Å². The van der Waals surface area contributed by atoms with Crippen molar-refractivity contribution >= 4 is 11.3 Å². The van der Waals surface area contributed by atoms with Gasteiger partial charge in [0.2, 0.25) is 0 Å². The van der Waals surface area contributed by atoms with Crippen LogP contribution in [0.3, 0.4) is 0 Å². The molecule has 6 nitrogen and oxygen atoms in total. The number of piperidine rings is 1. The monoisotopic (exact) mass is 458 g/mol. The number of hydrogen-bond donors (Lipinski definition) is 0. The van der Waals surface area contributed by atoms with Crippen molar-refractivity contribution in [3.63, 3.8) is 0 Å². The topological polar surface area (TPSA) is 52.4 Å². The molecule has 0 aliphatic carbocycles. The number of likely N-dealkylation sites (tertiary alicyclic amines) is 1. The SMILES string of the molecule is CCc1cc2c(s1)CCO[C@@]21CCN(Cc2cn(CC(C)C3CCOCC3)nn2)[C@@H](C)C1. The molecule has 32 heavy (non-hydrogen) atoms. The van der Waals surface area contributed by atoms with E-state index in [4.69, 9.17) is 9.47 Å². The van der Waals surface area contributed by atoms with Crippen LogP contribution in [0, 0.1) is 11.8 Å². The maximum Gasteiger partial charge on any atom is 0.0969 e. The normalized spacial score (nSPS) is 28.2. The molecule has 2 aromatic heterocycles. The van der Waals surface area contributed by atoms with E-state index in [0.717, 1.165) is 76.8 Å².